The maximum Gasteiger partial charge on any atom is 0.290 e. The molecule has 1 aliphatic heterocycles. The fraction of sp³-hybridized carbons (Fsp3) is 0.542. The Hall–Kier alpha value is -2.65. The summed E-state index contributed by atoms with van der Waals surface area (Å²) in [6, 6.07) is 6.32. The van der Waals surface area contributed by atoms with Gasteiger partial charge in [0.1, 0.15) is 18.4 Å². The van der Waals surface area contributed by atoms with E-state index in [-0.39, 0.29) is 23.9 Å². The first kappa shape index (κ1) is 22.2. The zero-order chi connectivity index (χ0) is 23.0. The molecule has 33 heavy (non-hydrogen) atoms. The molecule has 0 amide bonds. The highest BCUT2D eigenvalue weighted by atomic mass is 19.3. The number of benzene rings is 1. The second-order valence-corrected chi connectivity index (χ2v) is 9.29. The molecule has 2 aliphatic rings. The van der Waals surface area contributed by atoms with E-state index in [1.54, 1.807) is 21.7 Å². The fourth-order valence-electron chi connectivity index (χ4n) is 4.91. The molecule has 0 radical (unpaired) electrons. The minimum atomic E-state index is -3.06. The molecule has 1 aromatic carbocycles. The third-order valence-corrected chi connectivity index (χ3v) is 6.77. The Morgan fingerprint density at radius 1 is 1.15 bits per heavy atom. The predicted molar refractivity (Wildman–Crippen MR) is 122 cm³/mol. The van der Waals surface area contributed by atoms with E-state index in [1.807, 2.05) is 13.1 Å². The van der Waals surface area contributed by atoms with Crippen LogP contribution in [0.2, 0.25) is 0 Å². The van der Waals surface area contributed by atoms with Crippen LogP contribution in [0, 0.1) is 6.92 Å². The van der Waals surface area contributed by atoms with Gasteiger partial charge in [-0.1, -0.05) is 29.8 Å². The molecular formula is C24H30F2N6O. The van der Waals surface area contributed by atoms with E-state index < -0.39 is 12.5 Å². The molecule has 2 fully saturated rings. The number of ether oxygens (including phenoxy) is 1. The molecule has 0 spiro atoms. The number of aryl methyl sites for hydroxylation is 1. The highest BCUT2D eigenvalue weighted by molar-refractivity contribution is 5.86. The lowest BCUT2D eigenvalue weighted by Gasteiger charge is -2.34. The highest BCUT2D eigenvalue weighted by Gasteiger charge is 2.39. The molecule has 3 heterocycles. The van der Waals surface area contributed by atoms with Gasteiger partial charge in [0.05, 0.1) is 11.9 Å². The number of rotatable bonds is 6. The van der Waals surface area contributed by atoms with Crippen LogP contribution in [0.15, 0.2) is 36.8 Å². The maximum absolute atomic E-state index is 15.5. The van der Waals surface area contributed by atoms with Gasteiger partial charge in [0.2, 0.25) is 0 Å². The SMILES string of the molecule is Cc1ccc(C(F)(F)CN(c2ncnc3nn(C4CCCCO4)cc23)[C@H]2CC[C@H](N)C2)cc1. The van der Waals surface area contributed by atoms with Crippen molar-refractivity contribution in [3.63, 3.8) is 0 Å². The Morgan fingerprint density at radius 3 is 2.67 bits per heavy atom. The lowest BCUT2D eigenvalue weighted by atomic mass is 10.0. The Bertz CT molecular complexity index is 1100. The smallest absolute Gasteiger partial charge is 0.290 e. The van der Waals surface area contributed by atoms with Crippen molar-refractivity contribution in [2.24, 2.45) is 5.73 Å². The number of nitrogens with two attached hydrogens (primary N) is 1. The number of fused-ring (bicyclic) bond motifs is 1. The van der Waals surface area contributed by atoms with Gasteiger partial charge in [-0.2, -0.15) is 8.78 Å². The van der Waals surface area contributed by atoms with Crippen LogP contribution in [0.1, 0.15) is 55.9 Å². The van der Waals surface area contributed by atoms with E-state index in [2.05, 4.69) is 15.1 Å². The van der Waals surface area contributed by atoms with Crippen LogP contribution in [0.5, 0.6) is 0 Å². The molecule has 0 bridgehead atoms. The molecule has 2 aromatic heterocycles. The van der Waals surface area contributed by atoms with E-state index in [0.717, 1.165) is 37.7 Å². The molecule has 7 nitrogen and oxygen atoms in total. The molecule has 1 unspecified atom stereocenters. The minimum absolute atomic E-state index is 0.00110. The molecule has 1 aliphatic carbocycles. The summed E-state index contributed by atoms with van der Waals surface area (Å²) in [7, 11) is 0. The highest BCUT2D eigenvalue weighted by Crippen LogP contribution is 2.37. The monoisotopic (exact) mass is 456 g/mol. The van der Waals surface area contributed by atoms with E-state index in [0.29, 0.717) is 29.9 Å². The lowest BCUT2D eigenvalue weighted by molar-refractivity contribution is -0.0391. The van der Waals surface area contributed by atoms with E-state index in [4.69, 9.17) is 10.5 Å². The average Bonchev–Trinajstić information content (AvgIpc) is 3.45. The Kier molecular flexibility index (Phi) is 6.01. The molecule has 9 heteroatoms. The van der Waals surface area contributed by atoms with Gasteiger partial charge in [0.25, 0.3) is 5.92 Å². The summed E-state index contributed by atoms with van der Waals surface area (Å²) in [6.45, 7) is 2.10. The summed E-state index contributed by atoms with van der Waals surface area (Å²) < 4.78 is 38.6. The molecule has 3 atom stereocenters. The Labute approximate surface area is 191 Å². The number of halogens is 2. The van der Waals surface area contributed by atoms with Crippen LogP contribution in [0.4, 0.5) is 14.6 Å². The summed E-state index contributed by atoms with van der Waals surface area (Å²) in [5.41, 5.74) is 7.60. The van der Waals surface area contributed by atoms with Crippen molar-refractivity contribution in [2.45, 2.75) is 69.7 Å². The number of alkyl halides is 2. The van der Waals surface area contributed by atoms with Gasteiger partial charge < -0.3 is 15.4 Å². The first-order chi connectivity index (χ1) is 15.9. The van der Waals surface area contributed by atoms with Crippen molar-refractivity contribution in [3.8, 4) is 0 Å². The third-order valence-electron chi connectivity index (χ3n) is 6.77. The van der Waals surface area contributed by atoms with Gasteiger partial charge in [-0.15, -0.1) is 5.10 Å². The molecular weight excluding hydrogens is 426 g/mol. The molecule has 5 rings (SSSR count). The molecule has 1 saturated heterocycles. The predicted octanol–water partition coefficient (Wildman–Crippen LogP) is 4.31. The number of hydrogen-bond acceptors (Lipinski definition) is 6. The first-order valence-corrected chi connectivity index (χ1v) is 11.7. The van der Waals surface area contributed by atoms with Gasteiger partial charge in [-0.25, -0.2) is 14.6 Å². The van der Waals surface area contributed by atoms with Crippen molar-refractivity contribution in [3.05, 3.63) is 47.9 Å². The molecule has 3 aromatic rings. The third kappa shape index (κ3) is 4.56. The van der Waals surface area contributed by atoms with E-state index >= 15 is 8.78 Å². The van der Waals surface area contributed by atoms with Crippen molar-refractivity contribution in [1.82, 2.24) is 19.7 Å². The lowest BCUT2D eigenvalue weighted by Crippen LogP contribution is -2.42. The molecule has 1 saturated carbocycles. The Morgan fingerprint density at radius 2 is 1.97 bits per heavy atom. The number of anilines is 1. The van der Waals surface area contributed by atoms with Crippen LogP contribution >= 0.6 is 0 Å². The van der Waals surface area contributed by atoms with Crippen LogP contribution in [-0.4, -0.2) is 45.0 Å². The Balaban J connectivity index is 1.52. The minimum Gasteiger partial charge on any atom is -0.357 e. The van der Waals surface area contributed by atoms with Gasteiger partial charge in [0.15, 0.2) is 5.65 Å². The van der Waals surface area contributed by atoms with E-state index in [1.165, 1.54) is 18.5 Å². The largest absolute Gasteiger partial charge is 0.357 e. The van der Waals surface area contributed by atoms with Gasteiger partial charge in [-0.05, 0) is 45.4 Å². The van der Waals surface area contributed by atoms with E-state index in [9.17, 15) is 0 Å². The maximum atomic E-state index is 15.5. The quantitative estimate of drug-likeness (QED) is 0.595. The van der Waals surface area contributed by atoms with Gasteiger partial charge in [-0.3, -0.25) is 0 Å². The second kappa shape index (κ2) is 8.95. The normalized spacial score (nSPS) is 23.8. The van der Waals surface area contributed by atoms with Crippen molar-refractivity contribution in [1.29, 1.82) is 0 Å². The summed E-state index contributed by atoms with van der Waals surface area (Å²) in [4.78, 5) is 10.5. The van der Waals surface area contributed by atoms with Crippen molar-refractivity contribution < 1.29 is 13.5 Å². The summed E-state index contributed by atoms with van der Waals surface area (Å²) in [5, 5.41) is 5.25. The number of aromatic nitrogens is 4. The summed E-state index contributed by atoms with van der Waals surface area (Å²) in [6.07, 6.45) is 8.24. The summed E-state index contributed by atoms with van der Waals surface area (Å²) >= 11 is 0. The van der Waals surface area contributed by atoms with Gasteiger partial charge in [0, 0.05) is 30.5 Å². The average molecular weight is 457 g/mol. The van der Waals surface area contributed by atoms with Crippen molar-refractivity contribution >= 4 is 16.9 Å². The number of hydrogen-bond donors (Lipinski definition) is 1. The first-order valence-electron chi connectivity index (χ1n) is 11.7. The van der Waals surface area contributed by atoms with Crippen LogP contribution in [0.3, 0.4) is 0 Å². The fourth-order valence-corrected chi connectivity index (χ4v) is 4.91. The van der Waals surface area contributed by atoms with Crippen LogP contribution in [-0.2, 0) is 10.7 Å². The summed E-state index contributed by atoms with van der Waals surface area (Å²) in [5.74, 6) is -2.58. The standard InChI is InChI=1S/C24H30F2N6O/c1-16-5-7-17(8-6-16)24(25,26)14-31(19-10-9-18(27)12-19)23-20-13-32(21-4-2-3-11-33-21)30-22(20)28-15-29-23/h5-8,13,15,18-19,21H,2-4,9-12,14,27H2,1H3/t18-,19-,21?/m0/s1. The zero-order valence-electron chi connectivity index (χ0n) is 18.8. The number of nitrogens with zero attached hydrogens (tertiary/aromatic N) is 5. The molecule has 2 N–H and O–H groups in total. The van der Waals surface area contributed by atoms with Crippen LogP contribution < -0.4 is 10.6 Å². The second-order valence-electron chi connectivity index (χ2n) is 9.29. The van der Waals surface area contributed by atoms with Crippen molar-refractivity contribution in [2.75, 3.05) is 18.1 Å². The van der Waals surface area contributed by atoms with Gasteiger partial charge >= 0.3 is 0 Å². The van der Waals surface area contributed by atoms with Crippen LogP contribution in [0.25, 0.3) is 11.0 Å². The topological polar surface area (TPSA) is 82.1 Å². The molecule has 176 valence electrons. The zero-order valence-corrected chi connectivity index (χ0v) is 18.8.